The predicted octanol–water partition coefficient (Wildman–Crippen LogP) is -0.259. The van der Waals surface area contributed by atoms with Crippen LogP contribution in [0.2, 0.25) is 0 Å². The molecule has 0 amide bonds. The molecule has 0 bridgehead atoms. The Morgan fingerprint density at radius 3 is 2.26 bits per heavy atom. The molecule has 0 atom stereocenters. The summed E-state index contributed by atoms with van der Waals surface area (Å²) in [5.41, 5.74) is -0.737. The van der Waals surface area contributed by atoms with Gasteiger partial charge in [-0.25, -0.2) is 8.42 Å². The van der Waals surface area contributed by atoms with Crippen LogP contribution >= 0.6 is 0 Å². The summed E-state index contributed by atoms with van der Waals surface area (Å²) in [4.78, 5) is 2.10. The number of rotatable bonds is 7. The minimum Gasteiger partial charge on any atom is -0.389 e. The van der Waals surface area contributed by atoms with Crippen molar-refractivity contribution in [3.05, 3.63) is 0 Å². The fourth-order valence-electron chi connectivity index (χ4n) is 2.23. The van der Waals surface area contributed by atoms with E-state index in [0.717, 1.165) is 0 Å². The third-order valence-corrected chi connectivity index (χ3v) is 5.04. The smallest absolute Gasteiger partial charge is 0.214 e. The van der Waals surface area contributed by atoms with Crippen LogP contribution < -0.4 is 0 Å². The normalized spacial score (nSPS) is 19.8. The molecule has 1 N–H and O–H groups in total. The summed E-state index contributed by atoms with van der Waals surface area (Å²) in [6.07, 6.45) is 0.530. The number of sulfonamides is 1. The molecule has 1 heterocycles. The highest BCUT2D eigenvalue weighted by Crippen LogP contribution is 2.12. The van der Waals surface area contributed by atoms with E-state index in [1.807, 2.05) is 0 Å². The SMILES string of the molecule is COCCCS(=O)(=O)N1CCN(CC(C)(C)O)CC1. The van der Waals surface area contributed by atoms with E-state index in [2.05, 4.69) is 4.90 Å². The van der Waals surface area contributed by atoms with E-state index < -0.39 is 15.6 Å². The highest BCUT2D eigenvalue weighted by Gasteiger charge is 2.28. The van der Waals surface area contributed by atoms with Crippen LogP contribution in [0, 0.1) is 0 Å². The standard InChI is InChI=1S/C12H26N2O4S/c1-12(2,15)11-13-5-7-14(8-6-13)19(16,17)10-4-9-18-3/h15H,4-11H2,1-3H3. The molecule has 0 radical (unpaired) electrons. The van der Waals surface area contributed by atoms with Gasteiger partial charge < -0.3 is 9.84 Å². The van der Waals surface area contributed by atoms with Gasteiger partial charge in [0, 0.05) is 46.4 Å². The molecule has 1 fully saturated rings. The van der Waals surface area contributed by atoms with Crippen molar-refractivity contribution in [1.29, 1.82) is 0 Å². The number of piperazine rings is 1. The number of methoxy groups -OCH3 is 1. The largest absolute Gasteiger partial charge is 0.389 e. The molecule has 1 saturated heterocycles. The van der Waals surface area contributed by atoms with Gasteiger partial charge in [0.15, 0.2) is 0 Å². The van der Waals surface area contributed by atoms with Crippen molar-refractivity contribution in [2.45, 2.75) is 25.9 Å². The second kappa shape index (κ2) is 6.99. The maximum atomic E-state index is 12.1. The van der Waals surface area contributed by atoms with Crippen LogP contribution in [-0.4, -0.2) is 80.5 Å². The molecule has 1 aliphatic heterocycles. The summed E-state index contributed by atoms with van der Waals surface area (Å²) < 4.78 is 30.5. The molecule has 0 saturated carbocycles. The lowest BCUT2D eigenvalue weighted by Crippen LogP contribution is -2.52. The Bertz CT molecular complexity index is 356. The topological polar surface area (TPSA) is 70.1 Å². The first-order valence-electron chi connectivity index (χ1n) is 6.66. The number of ether oxygens (including phenoxy) is 1. The Morgan fingerprint density at radius 1 is 1.21 bits per heavy atom. The number of β-amino-alcohol motifs (C(OH)–C–C–N with tert-alkyl or cyclic N) is 1. The van der Waals surface area contributed by atoms with Gasteiger partial charge in [-0.15, -0.1) is 0 Å². The Labute approximate surface area is 116 Å². The van der Waals surface area contributed by atoms with E-state index >= 15 is 0 Å². The lowest BCUT2D eigenvalue weighted by atomic mass is 10.1. The molecule has 6 nitrogen and oxygen atoms in total. The second-order valence-corrected chi connectivity index (χ2v) is 7.74. The van der Waals surface area contributed by atoms with Gasteiger partial charge >= 0.3 is 0 Å². The molecule has 114 valence electrons. The minimum absolute atomic E-state index is 0.145. The van der Waals surface area contributed by atoms with Crippen LogP contribution in [0.5, 0.6) is 0 Å². The lowest BCUT2D eigenvalue weighted by molar-refractivity contribution is 0.0263. The first-order valence-corrected chi connectivity index (χ1v) is 8.27. The van der Waals surface area contributed by atoms with Gasteiger partial charge in [0.2, 0.25) is 10.0 Å². The van der Waals surface area contributed by atoms with Crippen molar-refractivity contribution < 1.29 is 18.3 Å². The number of hydrogen-bond donors (Lipinski definition) is 1. The van der Waals surface area contributed by atoms with Crippen molar-refractivity contribution in [2.24, 2.45) is 0 Å². The fraction of sp³-hybridized carbons (Fsp3) is 1.00. The summed E-state index contributed by atoms with van der Waals surface area (Å²) >= 11 is 0. The van der Waals surface area contributed by atoms with E-state index in [9.17, 15) is 13.5 Å². The van der Waals surface area contributed by atoms with E-state index in [0.29, 0.717) is 45.8 Å². The van der Waals surface area contributed by atoms with Gasteiger partial charge in [-0.05, 0) is 20.3 Å². The first-order chi connectivity index (χ1) is 8.74. The van der Waals surface area contributed by atoms with E-state index in [4.69, 9.17) is 4.74 Å². The number of nitrogens with zero attached hydrogens (tertiary/aromatic N) is 2. The molecule has 0 aromatic carbocycles. The van der Waals surface area contributed by atoms with Gasteiger partial charge in [-0.3, -0.25) is 4.90 Å². The first kappa shape index (κ1) is 16.8. The molecule has 19 heavy (non-hydrogen) atoms. The lowest BCUT2D eigenvalue weighted by Gasteiger charge is -2.36. The van der Waals surface area contributed by atoms with Crippen molar-refractivity contribution in [3.63, 3.8) is 0 Å². The minimum atomic E-state index is -3.16. The molecule has 7 heteroatoms. The Balaban J connectivity index is 2.40. The van der Waals surface area contributed by atoms with Crippen molar-refractivity contribution in [2.75, 3.05) is 52.2 Å². The summed E-state index contributed by atoms with van der Waals surface area (Å²) in [6, 6.07) is 0. The van der Waals surface area contributed by atoms with Crippen LogP contribution in [0.1, 0.15) is 20.3 Å². The van der Waals surface area contributed by atoms with Crippen molar-refractivity contribution in [1.82, 2.24) is 9.21 Å². The zero-order valence-corrected chi connectivity index (χ0v) is 12.9. The van der Waals surface area contributed by atoms with E-state index in [1.165, 1.54) is 0 Å². The number of hydrogen-bond acceptors (Lipinski definition) is 5. The third kappa shape index (κ3) is 6.18. The van der Waals surface area contributed by atoms with Crippen molar-refractivity contribution in [3.8, 4) is 0 Å². The maximum Gasteiger partial charge on any atom is 0.214 e. The highest BCUT2D eigenvalue weighted by atomic mass is 32.2. The summed E-state index contributed by atoms with van der Waals surface area (Å²) in [5.74, 6) is 0.145. The zero-order chi connectivity index (χ0) is 14.5. The van der Waals surface area contributed by atoms with Gasteiger partial charge in [0.25, 0.3) is 0 Å². The van der Waals surface area contributed by atoms with Gasteiger partial charge in [-0.2, -0.15) is 4.31 Å². The van der Waals surface area contributed by atoms with Gasteiger partial charge in [0.1, 0.15) is 0 Å². The fourth-order valence-corrected chi connectivity index (χ4v) is 3.69. The highest BCUT2D eigenvalue weighted by molar-refractivity contribution is 7.89. The average Bonchev–Trinajstić information content (AvgIpc) is 2.27. The molecule has 0 unspecified atom stereocenters. The number of aliphatic hydroxyl groups is 1. The van der Waals surface area contributed by atoms with Crippen LogP contribution in [0.4, 0.5) is 0 Å². The second-order valence-electron chi connectivity index (χ2n) is 5.65. The predicted molar refractivity (Wildman–Crippen MR) is 74.6 cm³/mol. The molecule has 0 aliphatic carbocycles. The summed E-state index contributed by atoms with van der Waals surface area (Å²) in [5, 5.41) is 9.75. The Morgan fingerprint density at radius 2 is 1.79 bits per heavy atom. The van der Waals surface area contributed by atoms with Crippen LogP contribution in [0.25, 0.3) is 0 Å². The molecular formula is C12H26N2O4S. The molecule has 1 rings (SSSR count). The van der Waals surface area contributed by atoms with Crippen LogP contribution in [0.3, 0.4) is 0 Å². The summed E-state index contributed by atoms with van der Waals surface area (Å²) in [7, 11) is -1.59. The summed E-state index contributed by atoms with van der Waals surface area (Å²) in [6.45, 7) is 6.93. The Kier molecular flexibility index (Phi) is 6.19. The van der Waals surface area contributed by atoms with Gasteiger partial charge in [-0.1, -0.05) is 0 Å². The van der Waals surface area contributed by atoms with Crippen LogP contribution in [-0.2, 0) is 14.8 Å². The Hall–Kier alpha value is -0.210. The van der Waals surface area contributed by atoms with Crippen molar-refractivity contribution >= 4 is 10.0 Å². The monoisotopic (exact) mass is 294 g/mol. The molecule has 0 aromatic rings. The molecule has 0 spiro atoms. The third-order valence-electron chi connectivity index (χ3n) is 3.09. The maximum absolute atomic E-state index is 12.1. The molecule has 0 aromatic heterocycles. The quantitative estimate of drug-likeness (QED) is 0.655. The zero-order valence-electron chi connectivity index (χ0n) is 12.1. The van der Waals surface area contributed by atoms with E-state index in [-0.39, 0.29) is 5.75 Å². The van der Waals surface area contributed by atoms with Crippen LogP contribution in [0.15, 0.2) is 0 Å². The molecule has 1 aliphatic rings. The molecular weight excluding hydrogens is 268 g/mol. The van der Waals surface area contributed by atoms with E-state index in [1.54, 1.807) is 25.3 Å². The average molecular weight is 294 g/mol. The van der Waals surface area contributed by atoms with Gasteiger partial charge in [0.05, 0.1) is 11.4 Å².